The summed E-state index contributed by atoms with van der Waals surface area (Å²) >= 11 is 0. The lowest BCUT2D eigenvalue weighted by molar-refractivity contribution is 0.441. The number of aryl methyl sites for hydroxylation is 1. The molecule has 1 atom stereocenters. The minimum Gasteiger partial charge on any atom is -0.508 e. The summed E-state index contributed by atoms with van der Waals surface area (Å²) in [5.41, 5.74) is 2.75. The molecule has 0 bridgehead atoms. The van der Waals surface area contributed by atoms with E-state index in [2.05, 4.69) is 18.3 Å². The van der Waals surface area contributed by atoms with Crippen molar-refractivity contribution in [2.45, 2.75) is 70.8 Å². The van der Waals surface area contributed by atoms with E-state index in [1.807, 2.05) is 12.1 Å². The summed E-state index contributed by atoms with van der Waals surface area (Å²) in [7, 11) is 0. The zero-order chi connectivity index (χ0) is 14.2. The molecule has 0 fully saturated rings. The summed E-state index contributed by atoms with van der Waals surface area (Å²) in [6.45, 7) is 3.42. The van der Waals surface area contributed by atoms with E-state index in [-0.39, 0.29) is 17.0 Å². The van der Waals surface area contributed by atoms with E-state index in [0.717, 1.165) is 19.4 Å². The third kappa shape index (κ3) is 6.39. The molecule has 1 aromatic rings. The topological polar surface area (TPSA) is 32.3 Å². The Morgan fingerprint density at radius 3 is 2.67 bits per heavy atom. The molecule has 1 aliphatic carbocycles. The number of fused-ring (bicyclic) bond motifs is 1. The third-order valence-electron chi connectivity index (χ3n) is 4.38. The zero-order valence-electron chi connectivity index (χ0n) is 13.2. The molecule has 120 valence electrons. The molecule has 0 spiro atoms. The lowest BCUT2D eigenvalue weighted by Gasteiger charge is -2.25. The number of nitrogens with one attached hydrogen (secondary N) is 1. The number of unbranched alkanes of at least 4 members (excludes halogenated alkanes) is 5. The van der Waals surface area contributed by atoms with Crippen LogP contribution in [0.4, 0.5) is 0 Å². The maximum absolute atomic E-state index is 9.50. The number of hydrogen-bond acceptors (Lipinski definition) is 2. The molecule has 21 heavy (non-hydrogen) atoms. The van der Waals surface area contributed by atoms with Crippen molar-refractivity contribution in [2.75, 3.05) is 6.54 Å². The smallest absolute Gasteiger partial charge is 0.115 e. The number of halogens is 1. The zero-order valence-corrected chi connectivity index (χ0v) is 14.9. The van der Waals surface area contributed by atoms with Crippen molar-refractivity contribution in [1.29, 1.82) is 0 Å². The number of phenols is 1. The van der Waals surface area contributed by atoms with Crippen LogP contribution in [0.3, 0.4) is 0 Å². The lowest BCUT2D eigenvalue weighted by Crippen LogP contribution is -2.35. The molecule has 0 saturated carbocycles. The maximum atomic E-state index is 9.50. The number of phenolic OH excluding ortho intramolecular Hbond substituents is 1. The molecule has 3 heteroatoms. The van der Waals surface area contributed by atoms with Crippen LogP contribution in [0.25, 0.3) is 0 Å². The number of aromatic hydroxyl groups is 1. The van der Waals surface area contributed by atoms with Gasteiger partial charge in [0.1, 0.15) is 5.75 Å². The first kappa shape index (κ1) is 18.5. The quantitative estimate of drug-likeness (QED) is 0.657. The van der Waals surface area contributed by atoms with Crippen LogP contribution in [0.2, 0.25) is 0 Å². The Balaban J connectivity index is 0.00000220. The minimum atomic E-state index is 0. The Kier molecular flexibility index (Phi) is 9.02. The van der Waals surface area contributed by atoms with Crippen molar-refractivity contribution in [3.8, 4) is 5.75 Å². The monoisotopic (exact) mass is 355 g/mol. The Hall–Kier alpha value is -0.540. The summed E-state index contributed by atoms with van der Waals surface area (Å²) < 4.78 is 0. The van der Waals surface area contributed by atoms with Gasteiger partial charge in [0.25, 0.3) is 0 Å². The van der Waals surface area contributed by atoms with Crippen molar-refractivity contribution >= 4 is 17.0 Å². The van der Waals surface area contributed by atoms with Crippen molar-refractivity contribution < 1.29 is 5.11 Å². The van der Waals surface area contributed by atoms with Crippen LogP contribution >= 0.6 is 17.0 Å². The van der Waals surface area contributed by atoms with Crippen LogP contribution < -0.4 is 5.32 Å². The van der Waals surface area contributed by atoms with Gasteiger partial charge in [0.15, 0.2) is 0 Å². The van der Waals surface area contributed by atoms with E-state index in [1.54, 1.807) is 0 Å². The Morgan fingerprint density at radius 1 is 1.10 bits per heavy atom. The highest BCUT2D eigenvalue weighted by atomic mass is 79.9. The average molecular weight is 356 g/mol. The molecule has 1 aliphatic rings. The van der Waals surface area contributed by atoms with Gasteiger partial charge in [-0.05, 0) is 55.5 Å². The number of rotatable bonds is 8. The Bertz CT molecular complexity index is 408. The van der Waals surface area contributed by atoms with Crippen LogP contribution in [-0.2, 0) is 12.8 Å². The van der Waals surface area contributed by atoms with Crippen LogP contribution in [0.1, 0.15) is 63.0 Å². The largest absolute Gasteiger partial charge is 0.508 e. The van der Waals surface area contributed by atoms with Crippen LogP contribution in [0.15, 0.2) is 18.2 Å². The molecule has 0 heterocycles. The van der Waals surface area contributed by atoms with Crippen molar-refractivity contribution in [3.63, 3.8) is 0 Å². The van der Waals surface area contributed by atoms with Gasteiger partial charge in [0.05, 0.1) is 0 Å². The van der Waals surface area contributed by atoms with E-state index in [1.165, 1.54) is 56.1 Å². The van der Waals surface area contributed by atoms with Gasteiger partial charge in [-0.25, -0.2) is 0 Å². The van der Waals surface area contributed by atoms with Crippen LogP contribution in [-0.4, -0.2) is 17.7 Å². The molecule has 1 unspecified atom stereocenters. The fraction of sp³-hybridized carbons (Fsp3) is 0.667. The van der Waals surface area contributed by atoms with Crippen molar-refractivity contribution in [3.05, 3.63) is 29.3 Å². The number of hydrogen-bond donors (Lipinski definition) is 2. The molecule has 2 nitrogen and oxygen atoms in total. The predicted octanol–water partition coefficient (Wildman–Crippen LogP) is 4.78. The van der Waals surface area contributed by atoms with E-state index >= 15 is 0 Å². The summed E-state index contributed by atoms with van der Waals surface area (Å²) in [5.74, 6) is 0.405. The summed E-state index contributed by atoms with van der Waals surface area (Å²) in [4.78, 5) is 0. The highest BCUT2D eigenvalue weighted by Crippen LogP contribution is 2.25. The molecule has 0 aromatic heterocycles. The first-order valence-electron chi connectivity index (χ1n) is 8.33. The van der Waals surface area contributed by atoms with Gasteiger partial charge in [0.2, 0.25) is 0 Å². The summed E-state index contributed by atoms with van der Waals surface area (Å²) in [6.07, 6.45) is 11.6. The van der Waals surface area contributed by atoms with Gasteiger partial charge in [-0.3, -0.25) is 0 Å². The molecular formula is C18H30BrNO. The summed E-state index contributed by atoms with van der Waals surface area (Å²) in [6, 6.07) is 6.46. The van der Waals surface area contributed by atoms with E-state index < -0.39 is 0 Å². The van der Waals surface area contributed by atoms with E-state index in [4.69, 9.17) is 0 Å². The fourth-order valence-electron chi connectivity index (χ4n) is 3.13. The first-order valence-corrected chi connectivity index (χ1v) is 8.33. The second-order valence-corrected chi connectivity index (χ2v) is 6.11. The second kappa shape index (κ2) is 10.2. The lowest BCUT2D eigenvalue weighted by atomic mass is 9.88. The van der Waals surface area contributed by atoms with Gasteiger partial charge in [-0.2, -0.15) is 0 Å². The third-order valence-corrected chi connectivity index (χ3v) is 4.38. The normalized spacial score (nSPS) is 17.1. The van der Waals surface area contributed by atoms with E-state index in [0.29, 0.717) is 11.8 Å². The van der Waals surface area contributed by atoms with Gasteiger partial charge in [0, 0.05) is 6.04 Å². The van der Waals surface area contributed by atoms with Crippen LogP contribution in [0.5, 0.6) is 5.75 Å². The van der Waals surface area contributed by atoms with Crippen molar-refractivity contribution in [2.24, 2.45) is 0 Å². The van der Waals surface area contributed by atoms with Crippen molar-refractivity contribution in [1.82, 2.24) is 5.32 Å². The fourth-order valence-corrected chi connectivity index (χ4v) is 3.13. The summed E-state index contributed by atoms with van der Waals surface area (Å²) in [5, 5.41) is 13.2. The molecule has 2 N–H and O–H groups in total. The van der Waals surface area contributed by atoms with Gasteiger partial charge in [-0.15, -0.1) is 17.0 Å². The molecule has 0 saturated heterocycles. The Morgan fingerprint density at radius 2 is 1.86 bits per heavy atom. The van der Waals surface area contributed by atoms with Gasteiger partial charge >= 0.3 is 0 Å². The first-order chi connectivity index (χ1) is 9.79. The minimum absolute atomic E-state index is 0. The molecule has 0 radical (unpaired) electrons. The predicted molar refractivity (Wildman–Crippen MR) is 95.6 cm³/mol. The molecule has 0 aliphatic heterocycles. The molecule has 2 rings (SSSR count). The molecule has 0 amide bonds. The standard InChI is InChI=1S/C18H29NO.BrH/c1-2-3-4-5-6-7-12-19-17-10-8-16-14-18(20)11-9-15(16)13-17;/h9,11,14,17,19-20H,2-8,10,12-13H2,1H3;1H. The second-order valence-electron chi connectivity index (χ2n) is 6.11. The number of benzene rings is 1. The highest BCUT2D eigenvalue weighted by molar-refractivity contribution is 8.93. The Labute approximate surface area is 140 Å². The molecule has 1 aromatic carbocycles. The molecular weight excluding hydrogens is 326 g/mol. The van der Waals surface area contributed by atoms with E-state index in [9.17, 15) is 5.11 Å². The SMILES string of the molecule is Br.CCCCCCCCNC1CCc2cc(O)ccc2C1. The highest BCUT2D eigenvalue weighted by Gasteiger charge is 2.17. The maximum Gasteiger partial charge on any atom is 0.115 e. The van der Waals surface area contributed by atoms with Gasteiger partial charge in [-0.1, -0.05) is 45.1 Å². The van der Waals surface area contributed by atoms with Gasteiger partial charge < -0.3 is 10.4 Å². The van der Waals surface area contributed by atoms with Crippen LogP contribution in [0, 0.1) is 0 Å². The average Bonchev–Trinajstić information content (AvgIpc) is 2.46.